The number of sulfonamides is 1. The summed E-state index contributed by atoms with van der Waals surface area (Å²) in [7, 11) is -3.89. The maximum Gasteiger partial charge on any atom is 0.241 e. The molecule has 0 radical (unpaired) electrons. The molecule has 1 N–H and O–H groups in total. The Kier molecular flexibility index (Phi) is 6.29. The number of nitrogens with one attached hydrogen (secondary N) is 1. The second kappa shape index (κ2) is 9.34. The first-order valence-electron chi connectivity index (χ1n) is 10.5. The first-order chi connectivity index (χ1) is 16.0. The van der Waals surface area contributed by atoms with E-state index in [0.29, 0.717) is 29.7 Å². The summed E-state index contributed by atoms with van der Waals surface area (Å²) in [6.07, 6.45) is 2.73. The monoisotopic (exact) mass is 498 g/mol. The molecular formula is C24H22N2O4S3. The van der Waals surface area contributed by atoms with E-state index in [1.165, 1.54) is 17.4 Å². The Morgan fingerprint density at radius 2 is 1.76 bits per heavy atom. The SMILES string of the molecule is CSc1ccccc1C(NS(=O)(=O)c1ccc2c(c1)OCCCO2)c1nc2ccccc2s1. The molecule has 5 rings (SSSR count). The quantitative estimate of drug-likeness (QED) is 0.366. The summed E-state index contributed by atoms with van der Waals surface area (Å²) in [5, 5.41) is 0.690. The number of fused-ring (bicyclic) bond motifs is 2. The van der Waals surface area contributed by atoms with E-state index in [0.717, 1.165) is 27.1 Å². The molecule has 0 fully saturated rings. The third-order valence-electron chi connectivity index (χ3n) is 5.31. The van der Waals surface area contributed by atoms with Crippen molar-refractivity contribution < 1.29 is 17.9 Å². The van der Waals surface area contributed by atoms with E-state index in [9.17, 15) is 8.42 Å². The van der Waals surface area contributed by atoms with Gasteiger partial charge in [-0.25, -0.2) is 13.4 Å². The average Bonchev–Trinajstić information content (AvgIpc) is 3.12. The minimum absolute atomic E-state index is 0.125. The third kappa shape index (κ3) is 4.59. The summed E-state index contributed by atoms with van der Waals surface area (Å²) < 4.78 is 42.3. The molecule has 9 heteroatoms. The highest BCUT2D eigenvalue weighted by Crippen LogP contribution is 2.37. The van der Waals surface area contributed by atoms with Crippen molar-refractivity contribution in [1.29, 1.82) is 0 Å². The average molecular weight is 499 g/mol. The van der Waals surface area contributed by atoms with Crippen LogP contribution in [0.5, 0.6) is 11.5 Å². The summed E-state index contributed by atoms with van der Waals surface area (Å²) in [5.41, 5.74) is 1.71. The summed E-state index contributed by atoms with van der Waals surface area (Å²) in [6, 6.07) is 19.7. The highest BCUT2D eigenvalue weighted by molar-refractivity contribution is 7.98. The minimum Gasteiger partial charge on any atom is -0.490 e. The molecule has 1 unspecified atom stereocenters. The van der Waals surface area contributed by atoms with Gasteiger partial charge in [-0.1, -0.05) is 30.3 Å². The van der Waals surface area contributed by atoms with Gasteiger partial charge in [-0.15, -0.1) is 23.1 Å². The summed E-state index contributed by atoms with van der Waals surface area (Å²) in [5.74, 6) is 0.998. The Labute approximate surface area is 201 Å². The number of hydrogen-bond acceptors (Lipinski definition) is 7. The molecule has 1 aliphatic rings. The van der Waals surface area contributed by atoms with Crippen molar-refractivity contribution in [3.05, 3.63) is 77.3 Å². The predicted octanol–water partition coefficient (Wildman–Crippen LogP) is 5.25. The van der Waals surface area contributed by atoms with Crippen molar-refractivity contribution >= 4 is 43.3 Å². The topological polar surface area (TPSA) is 77.5 Å². The van der Waals surface area contributed by atoms with Crippen molar-refractivity contribution in [3.8, 4) is 11.5 Å². The standard InChI is InChI=1S/C24H22N2O4S3/c1-31-21-9-4-2-7-17(21)23(24-25-18-8-3-5-10-22(18)32-24)26-33(27,28)16-11-12-19-20(15-16)30-14-6-13-29-19/h2-5,7-12,15,23,26H,6,13-14H2,1H3. The van der Waals surface area contributed by atoms with Gasteiger partial charge in [0, 0.05) is 17.4 Å². The van der Waals surface area contributed by atoms with E-state index < -0.39 is 16.1 Å². The van der Waals surface area contributed by atoms with Crippen molar-refractivity contribution in [2.24, 2.45) is 0 Å². The molecule has 2 heterocycles. The maximum atomic E-state index is 13.5. The molecule has 6 nitrogen and oxygen atoms in total. The predicted molar refractivity (Wildman–Crippen MR) is 132 cm³/mol. The third-order valence-corrected chi connectivity index (χ3v) is 8.64. The van der Waals surface area contributed by atoms with Crippen LogP contribution in [0.2, 0.25) is 0 Å². The van der Waals surface area contributed by atoms with Crippen molar-refractivity contribution in [1.82, 2.24) is 9.71 Å². The number of ether oxygens (including phenoxy) is 2. The van der Waals surface area contributed by atoms with Crippen LogP contribution in [0.4, 0.5) is 0 Å². The molecule has 0 amide bonds. The summed E-state index contributed by atoms with van der Waals surface area (Å²) in [4.78, 5) is 5.88. The van der Waals surface area contributed by atoms with Crippen LogP contribution in [0.1, 0.15) is 23.0 Å². The van der Waals surface area contributed by atoms with Gasteiger partial charge in [0.25, 0.3) is 0 Å². The number of aromatic nitrogens is 1. The second-order valence-corrected chi connectivity index (χ2v) is 11.1. The van der Waals surface area contributed by atoms with Crippen LogP contribution in [0.3, 0.4) is 0 Å². The zero-order valence-electron chi connectivity index (χ0n) is 17.9. The molecule has 4 aromatic rings. The first-order valence-corrected chi connectivity index (χ1v) is 14.0. The molecule has 1 aliphatic heterocycles. The van der Waals surface area contributed by atoms with E-state index in [4.69, 9.17) is 14.5 Å². The van der Waals surface area contributed by atoms with Crippen LogP contribution in [-0.2, 0) is 10.0 Å². The molecule has 0 bridgehead atoms. The highest BCUT2D eigenvalue weighted by Gasteiger charge is 2.28. The zero-order valence-corrected chi connectivity index (χ0v) is 20.3. The van der Waals surface area contributed by atoms with Crippen LogP contribution in [0.15, 0.2) is 76.5 Å². The molecule has 1 aromatic heterocycles. The van der Waals surface area contributed by atoms with Gasteiger partial charge in [-0.2, -0.15) is 4.72 Å². The lowest BCUT2D eigenvalue weighted by molar-refractivity contribution is 0.297. The zero-order chi connectivity index (χ0) is 22.8. The maximum absolute atomic E-state index is 13.5. The highest BCUT2D eigenvalue weighted by atomic mass is 32.2. The van der Waals surface area contributed by atoms with Crippen molar-refractivity contribution in [3.63, 3.8) is 0 Å². The van der Waals surface area contributed by atoms with Crippen LogP contribution < -0.4 is 14.2 Å². The van der Waals surface area contributed by atoms with E-state index in [1.54, 1.807) is 23.9 Å². The molecular weight excluding hydrogens is 476 g/mol. The van der Waals surface area contributed by atoms with Gasteiger partial charge in [-0.05, 0) is 42.2 Å². The van der Waals surface area contributed by atoms with Crippen molar-refractivity contribution in [2.75, 3.05) is 19.5 Å². The number of benzene rings is 3. The second-order valence-electron chi connectivity index (χ2n) is 7.48. The van der Waals surface area contributed by atoms with Gasteiger partial charge in [0.2, 0.25) is 10.0 Å². The van der Waals surface area contributed by atoms with E-state index in [1.807, 2.05) is 54.8 Å². The van der Waals surface area contributed by atoms with Crippen molar-refractivity contribution in [2.45, 2.75) is 22.3 Å². The fourth-order valence-corrected chi connectivity index (χ4v) is 6.64. The molecule has 0 spiro atoms. The Hall–Kier alpha value is -2.59. The molecule has 0 saturated carbocycles. The lowest BCUT2D eigenvalue weighted by atomic mass is 10.1. The largest absolute Gasteiger partial charge is 0.490 e. The van der Waals surface area contributed by atoms with Gasteiger partial charge < -0.3 is 9.47 Å². The number of hydrogen-bond donors (Lipinski definition) is 1. The number of rotatable bonds is 6. The van der Waals surface area contributed by atoms with Gasteiger partial charge in [-0.3, -0.25) is 0 Å². The Morgan fingerprint density at radius 1 is 1.00 bits per heavy atom. The van der Waals surface area contributed by atoms with E-state index in [2.05, 4.69) is 4.72 Å². The fourth-order valence-electron chi connectivity index (χ4n) is 3.70. The number of thioether (sulfide) groups is 1. The molecule has 0 aliphatic carbocycles. The van der Waals surface area contributed by atoms with E-state index in [-0.39, 0.29) is 4.90 Å². The van der Waals surface area contributed by atoms with Gasteiger partial charge in [0.15, 0.2) is 11.5 Å². The number of nitrogens with zero attached hydrogens (tertiary/aromatic N) is 1. The molecule has 0 saturated heterocycles. The molecule has 1 atom stereocenters. The van der Waals surface area contributed by atoms with Crippen LogP contribution in [-0.4, -0.2) is 32.9 Å². The lowest BCUT2D eigenvalue weighted by Crippen LogP contribution is -2.29. The first kappa shape index (κ1) is 22.2. The smallest absolute Gasteiger partial charge is 0.241 e. The Bertz CT molecular complexity index is 1370. The summed E-state index contributed by atoms with van der Waals surface area (Å²) in [6.45, 7) is 1.03. The molecule has 33 heavy (non-hydrogen) atoms. The normalized spacial score (nSPS) is 14.7. The number of para-hydroxylation sites is 1. The fraction of sp³-hybridized carbons (Fsp3) is 0.208. The van der Waals surface area contributed by atoms with Gasteiger partial charge >= 0.3 is 0 Å². The minimum atomic E-state index is -3.89. The Morgan fingerprint density at radius 3 is 2.58 bits per heavy atom. The lowest BCUT2D eigenvalue weighted by Gasteiger charge is -2.20. The molecule has 3 aromatic carbocycles. The summed E-state index contributed by atoms with van der Waals surface area (Å²) >= 11 is 3.06. The Balaban J connectivity index is 1.57. The van der Waals surface area contributed by atoms with Crippen LogP contribution in [0, 0.1) is 0 Å². The van der Waals surface area contributed by atoms with Gasteiger partial charge in [0.05, 0.1) is 34.4 Å². The van der Waals surface area contributed by atoms with Crippen LogP contribution in [0.25, 0.3) is 10.2 Å². The number of thiazole rings is 1. The molecule has 170 valence electrons. The van der Waals surface area contributed by atoms with Gasteiger partial charge in [0.1, 0.15) is 5.01 Å². The van der Waals surface area contributed by atoms with E-state index >= 15 is 0 Å². The van der Waals surface area contributed by atoms with Crippen LogP contribution >= 0.6 is 23.1 Å².